The van der Waals surface area contributed by atoms with E-state index in [9.17, 15) is 0 Å². The highest BCUT2D eigenvalue weighted by atomic mass is 127. The van der Waals surface area contributed by atoms with Crippen LogP contribution in [0.15, 0.2) is 65.9 Å². The molecule has 0 amide bonds. The maximum absolute atomic E-state index is 6.31. The first-order valence-electron chi connectivity index (χ1n) is 11.6. The van der Waals surface area contributed by atoms with Crippen molar-refractivity contribution in [3.63, 3.8) is 0 Å². The van der Waals surface area contributed by atoms with Crippen molar-refractivity contribution < 1.29 is 9.47 Å². The van der Waals surface area contributed by atoms with Crippen molar-refractivity contribution in [2.75, 3.05) is 14.2 Å². The number of hydrogen-bond donors (Lipinski definition) is 2. The Morgan fingerprint density at radius 3 is 2.59 bits per heavy atom. The molecule has 2 aromatic carbocycles. The molecule has 1 aromatic heterocycles. The van der Waals surface area contributed by atoms with Crippen LogP contribution in [0.2, 0.25) is 0 Å². The van der Waals surface area contributed by atoms with Crippen LogP contribution < -0.4 is 20.1 Å². The fraction of sp³-hybridized carbons (Fsp3) is 0.385. The molecule has 0 radical (unpaired) electrons. The Balaban J connectivity index is 0.00000324. The number of methoxy groups -OCH3 is 1. The summed E-state index contributed by atoms with van der Waals surface area (Å²) in [4.78, 5) is 8.89. The largest absolute Gasteiger partial charge is 0.497 e. The molecule has 0 spiro atoms. The summed E-state index contributed by atoms with van der Waals surface area (Å²) < 4.78 is 13.9. The van der Waals surface area contributed by atoms with E-state index in [4.69, 9.17) is 9.47 Å². The van der Waals surface area contributed by atoms with Crippen molar-refractivity contribution in [2.24, 2.45) is 4.99 Å². The highest BCUT2D eigenvalue weighted by molar-refractivity contribution is 14.0. The van der Waals surface area contributed by atoms with E-state index in [1.165, 1.54) is 18.4 Å². The Morgan fingerprint density at radius 2 is 1.85 bits per heavy atom. The Hall–Kier alpha value is -2.75. The second kappa shape index (κ2) is 13.2. The lowest BCUT2D eigenvalue weighted by molar-refractivity contribution is 0.207. The highest BCUT2D eigenvalue weighted by Crippen LogP contribution is 2.30. The average molecular weight is 575 g/mol. The minimum absolute atomic E-state index is 0. The summed E-state index contributed by atoms with van der Waals surface area (Å²) in [5.74, 6) is 3.35. The lowest BCUT2D eigenvalue weighted by Gasteiger charge is -2.19. The Morgan fingerprint density at radius 1 is 1.09 bits per heavy atom. The van der Waals surface area contributed by atoms with E-state index in [1.807, 2.05) is 30.6 Å². The maximum Gasteiger partial charge on any atom is 0.191 e. The van der Waals surface area contributed by atoms with Crippen molar-refractivity contribution in [1.82, 2.24) is 20.2 Å². The summed E-state index contributed by atoms with van der Waals surface area (Å²) in [7, 11) is 3.45. The van der Waals surface area contributed by atoms with Gasteiger partial charge in [-0.05, 0) is 43.4 Å². The average Bonchev–Trinajstić information content (AvgIpc) is 3.52. The molecule has 1 aliphatic rings. The predicted molar refractivity (Wildman–Crippen MR) is 146 cm³/mol. The molecule has 3 aromatic rings. The van der Waals surface area contributed by atoms with Crippen molar-refractivity contribution in [3.8, 4) is 11.5 Å². The van der Waals surface area contributed by atoms with Gasteiger partial charge in [0, 0.05) is 44.2 Å². The molecule has 1 fully saturated rings. The van der Waals surface area contributed by atoms with Gasteiger partial charge in [0.15, 0.2) is 5.96 Å². The molecule has 4 rings (SSSR count). The van der Waals surface area contributed by atoms with Crippen LogP contribution in [0.5, 0.6) is 11.5 Å². The third kappa shape index (κ3) is 7.12. The van der Waals surface area contributed by atoms with E-state index in [-0.39, 0.29) is 30.1 Å². The Bertz CT molecular complexity index is 1050. The molecule has 2 N–H and O–H groups in total. The topological polar surface area (TPSA) is 72.7 Å². The number of halogens is 1. The third-order valence-electron chi connectivity index (χ3n) is 5.95. The van der Waals surface area contributed by atoms with Gasteiger partial charge in [-0.1, -0.05) is 30.3 Å². The van der Waals surface area contributed by atoms with Gasteiger partial charge in [-0.25, -0.2) is 4.98 Å². The van der Waals surface area contributed by atoms with E-state index in [0.29, 0.717) is 19.0 Å². The van der Waals surface area contributed by atoms with Gasteiger partial charge >= 0.3 is 0 Å². The molecule has 8 heteroatoms. The molecule has 0 unspecified atom stereocenters. The van der Waals surface area contributed by atoms with Gasteiger partial charge in [-0.15, -0.1) is 24.0 Å². The first-order chi connectivity index (χ1) is 16.2. The molecular weight excluding hydrogens is 541 g/mol. The van der Waals surface area contributed by atoms with Crippen LogP contribution in [0.4, 0.5) is 0 Å². The molecule has 1 aliphatic carbocycles. The third-order valence-corrected chi connectivity index (χ3v) is 5.95. The summed E-state index contributed by atoms with van der Waals surface area (Å²) >= 11 is 0. The van der Waals surface area contributed by atoms with E-state index in [1.54, 1.807) is 14.2 Å². The summed E-state index contributed by atoms with van der Waals surface area (Å²) in [6, 6.07) is 16.4. The number of nitrogens with zero attached hydrogens (tertiary/aromatic N) is 3. The van der Waals surface area contributed by atoms with Crippen LogP contribution in [0.25, 0.3) is 0 Å². The summed E-state index contributed by atoms with van der Waals surface area (Å²) in [5.41, 5.74) is 2.32. The number of hydrogen-bond acceptors (Lipinski definition) is 4. The number of guanidine groups is 1. The molecular formula is C26H34IN5O2. The maximum atomic E-state index is 6.31. The lowest BCUT2D eigenvalue weighted by Crippen LogP contribution is -2.37. The number of nitrogens with one attached hydrogen (secondary N) is 2. The van der Waals surface area contributed by atoms with Gasteiger partial charge in [0.1, 0.15) is 17.3 Å². The molecule has 0 atom stereocenters. The van der Waals surface area contributed by atoms with Gasteiger partial charge in [0.05, 0.1) is 19.8 Å². The van der Waals surface area contributed by atoms with Crippen LogP contribution in [-0.4, -0.2) is 35.8 Å². The lowest BCUT2D eigenvalue weighted by atomic mass is 10.2. The van der Waals surface area contributed by atoms with Crippen molar-refractivity contribution in [2.45, 2.75) is 51.4 Å². The zero-order valence-electron chi connectivity index (χ0n) is 19.9. The Kier molecular flexibility index (Phi) is 10.1. The monoisotopic (exact) mass is 575 g/mol. The number of ether oxygens (including phenoxy) is 2. The normalized spacial score (nSPS) is 13.9. The number of rotatable bonds is 9. The molecule has 1 heterocycles. The molecule has 0 saturated heterocycles. The van der Waals surface area contributed by atoms with Gasteiger partial charge in [-0.3, -0.25) is 4.99 Å². The van der Waals surface area contributed by atoms with Crippen LogP contribution in [0.1, 0.15) is 42.6 Å². The number of benzene rings is 2. The van der Waals surface area contributed by atoms with Gasteiger partial charge in [0.2, 0.25) is 0 Å². The number of imidazole rings is 1. The number of aromatic nitrogens is 2. The van der Waals surface area contributed by atoms with E-state index < -0.39 is 0 Å². The highest BCUT2D eigenvalue weighted by Gasteiger charge is 2.18. The molecule has 7 nitrogen and oxygen atoms in total. The fourth-order valence-electron chi connectivity index (χ4n) is 4.10. The molecule has 0 bridgehead atoms. The van der Waals surface area contributed by atoms with Gasteiger partial charge < -0.3 is 24.7 Å². The molecule has 1 saturated carbocycles. The van der Waals surface area contributed by atoms with Crippen molar-refractivity contribution in [3.05, 3.63) is 77.9 Å². The SMILES string of the molecule is CN=C(NCc1ccc(OC)cc1OC1CCCC1)NCc1nccn1Cc1ccccc1.I. The number of aliphatic imine (C=N–C) groups is 1. The standard InChI is InChI=1S/C26H33N5O2.HI/c1-27-26(30-18-25-28-14-15-31(25)19-20-8-4-3-5-9-20)29-17-21-12-13-23(32-2)16-24(21)33-22-10-6-7-11-22;/h3-5,8-9,12-16,22H,6-7,10-11,17-19H2,1-2H3,(H2,27,29,30);1H. The summed E-state index contributed by atoms with van der Waals surface area (Å²) in [6.07, 6.45) is 8.82. The minimum atomic E-state index is 0. The van der Waals surface area contributed by atoms with E-state index in [0.717, 1.165) is 42.3 Å². The van der Waals surface area contributed by atoms with Crippen LogP contribution in [-0.2, 0) is 19.6 Å². The van der Waals surface area contributed by atoms with Gasteiger partial charge in [-0.2, -0.15) is 0 Å². The summed E-state index contributed by atoms with van der Waals surface area (Å²) in [6.45, 7) is 1.97. The fourth-order valence-corrected chi connectivity index (χ4v) is 4.10. The van der Waals surface area contributed by atoms with Crippen molar-refractivity contribution >= 4 is 29.9 Å². The molecule has 0 aliphatic heterocycles. The van der Waals surface area contributed by atoms with Gasteiger partial charge in [0.25, 0.3) is 0 Å². The smallest absolute Gasteiger partial charge is 0.191 e. The second-order valence-electron chi connectivity index (χ2n) is 8.23. The zero-order valence-corrected chi connectivity index (χ0v) is 22.2. The van der Waals surface area contributed by atoms with Crippen LogP contribution >= 0.6 is 24.0 Å². The van der Waals surface area contributed by atoms with Crippen LogP contribution in [0.3, 0.4) is 0 Å². The quantitative estimate of drug-likeness (QED) is 0.219. The summed E-state index contributed by atoms with van der Waals surface area (Å²) in [5, 5.41) is 6.77. The van der Waals surface area contributed by atoms with Crippen molar-refractivity contribution in [1.29, 1.82) is 0 Å². The van der Waals surface area contributed by atoms with E-state index >= 15 is 0 Å². The molecule has 34 heavy (non-hydrogen) atoms. The van der Waals surface area contributed by atoms with E-state index in [2.05, 4.69) is 55.5 Å². The first kappa shape index (κ1) is 25.9. The minimum Gasteiger partial charge on any atom is -0.497 e. The second-order valence-corrected chi connectivity index (χ2v) is 8.23. The Labute approximate surface area is 219 Å². The zero-order chi connectivity index (χ0) is 22.9. The first-order valence-corrected chi connectivity index (χ1v) is 11.6. The molecule has 182 valence electrons. The predicted octanol–water partition coefficient (Wildman–Crippen LogP) is 4.74. The van der Waals surface area contributed by atoms with Crippen LogP contribution in [0, 0.1) is 0 Å².